The molecule has 0 saturated carbocycles. The van der Waals surface area contributed by atoms with Crippen LogP contribution >= 0.6 is 15.9 Å². The maximum absolute atomic E-state index is 3.71. The molecule has 0 aliphatic heterocycles. The summed E-state index contributed by atoms with van der Waals surface area (Å²) >= 11 is 3.71. The van der Waals surface area contributed by atoms with Crippen molar-refractivity contribution in [2.24, 2.45) is 0 Å². The molecule has 1 aliphatic carbocycles. The van der Waals surface area contributed by atoms with Gasteiger partial charge in [-0.1, -0.05) is 55.8 Å². The zero-order chi connectivity index (χ0) is 11.3. The predicted molar refractivity (Wildman–Crippen MR) is 69.4 cm³/mol. The number of hydrogen-bond donors (Lipinski definition) is 0. The van der Waals surface area contributed by atoms with Crippen LogP contribution in [0.25, 0.3) is 0 Å². The van der Waals surface area contributed by atoms with Crippen molar-refractivity contribution in [2.45, 2.75) is 51.4 Å². The number of benzene rings is 1. The molecule has 1 aromatic carbocycles. The summed E-state index contributed by atoms with van der Waals surface area (Å²) < 4.78 is 1.28. The van der Waals surface area contributed by atoms with E-state index < -0.39 is 0 Å². The Hall–Kier alpha value is -0.300. The third-order valence-electron chi connectivity index (χ3n) is 3.79. The van der Waals surface area contributed by atoms with Gasteiger partial charge in [0.1, 0.15) is 0 Å². The second-order valence-corrected chi connectivity index (χ2v) is 6.78. The van der Waals surface area contributed by atoms with Gasteiger partial charge in [0, 0.05) is 4.47 Å². The standard InChI is InChI=1S/C14H19Br/c1-13(2)8-9-14(3,4)12-10(13)6-5-7-11(12)15/h5-7H,8-9H2,1-4H3. The van der Waals surface area contributed by atoms with Crippen molar-refractivity contribution < 1.29 is 0 Å². The molecule has 0 heterocycles. The summed E-state index contributed by atoms with van der Waals surface area (Å²) in [6, 6.07) is 6.62. The van der Waals surface area contributed by atoms with Crippen LogP contribution < -0.4 is 0 Å². The topological polar surface area (TPSA) is 0 Å². The molecule has 0 spiro atoms. The van der Waals surface area contributed by atoms with Crippen molar-refractivity contribution in [2.75, 3.05) is 0 Å². The lowest BCUT2D eigenvalue weighted by atomic mass is 9.63. The largest absolute Gasteiger partial charge is 0.0608 e. The number of halogens is 1. The van der Waals surface area contributed by atoms with Crippen LogP contribution in [-0.2, 0) is 10.8 Å². The van der Waals surface area contributed by atoms with E-state index in [1.165, 1.54) is 28.4 Å². The number of hydrogen-bond acceptors (Lipinski definition) is 0. The highest BCUT2D eigenvalue weighted by Gasteiger charge is 2.37. The smallest absolute Gasteiger partial charge is 0.0215 e. The Balaban J connectivity index is 2.70. The zero-order valence-electron chi connectivity index (χ0n) is 10.0. The maximum Gasteiger partial charge on any atom is 0.0215 e. The van der Waals surface area contributed by atoms with Crippen LogP contribution in [-0.4, -0.2) is 0 Å². The van der Waals surface area contributed by atoms with Crippen LogP contribution in [0.15, 0.2) is 22.7 Å². The van der Waals surface area contributed by atoms with Gasteiger partial charge < -0.3 is 0 Å². The molecule has 0 fully saturated rings. The SMILES string of the molecule is CC1(C)CCC(C)(C)c2c(Br)cccc21. The fourth-order valence-electron chi connectivity index (χ4n) is 2.66. The summed E-state index contributed by atoms with van der Waals surface area (Å²) in [7, 11) is 0. The minimum atomic E-state index is 0.310. The van der Waals surface area contributed by atoms with Crippen molar-refractivity contribution in [3.05, 3.63) is 33.8 Å². The quantitative estimate of drug-likeness (QED) is 0.633. The van der Waals surface area contributed by atoms with Crippen molar-refractivity contribution >= 4 is 15.9 Å². The Labute approximate surface area is 101 Å². The van der Waals surface area contributed by atoms with Crippen molar-refractivity contribution in [3.8, 4) is 0 Å². The lowest BCUT2D eigenvalue weighted by Crippen LogP contribution is -2.34. The molecule has 82 valence electrons. The highest BCUT2D eigenvalue weighted by Crippen LogP contribution is 2.48. The van der Waals surface area contributed by atoms with E-state index in [9.17, 15) is 0 Å². The van der Waals surface area contributed by atoms with Crippen LogP contribution in [0.4, 0.5) is 0 Å². The van der Waals surface area contributed by atoms with Gasteiger partial charge in [0.25, 0.3) is 0 Å². The first kappa shape index (κ1) is 11.2. The van der Waals surface area contributed by atoms with Crippen molar-refractivity contribution in [3.63, 3.8) is 0 Å². The molecule has 0 nitrogen and oxygen atoms in total. The fraction of sp³-hybridized carbons (Fsp3) is 0.571. The first-order valence-electron chi connectivity index (χ1n) is 5.64. The van der Waals surface area contributed by atoms with Gasteiger partial charge in [-0.2, -0.15) is 0 Å². The molecular weight excluding hydrogens is 248 g/mol. The zero-order valence-corrected chi connectivity index (χ0v) is 11.6. The molecule has 0 unspecified atom stereocenters. The highest BCUT2D eigenvalue weighted by atomic mass is 79.9. The van der Waals surface area contributed by atoms with E-state index in [2.05, 4.69) is 61.8 Å². The second kappa shape index (κ2) is 3.35. The summed E-state index contributed by atoms with van der Waals surface area (Å²) in [6.45, 7) is 9.42. The molecular formula is C14H19Br. The van der Waals surface area contributed by atoms with Gasteiger partial charge in [0.05, 0.1) is 0 Å². The Morgan fingerprint density at radius 3 is 2.20 bits per heavy atom. The summed E-state index contributed by atoms with van der Waals surface area (Å²) in [5.41, 5.74) is 3.67. The predicted octanol–water partition coefficient (Wildman–Crippen LogP) is 4.80. The average Bonchev–Trinajstić information content (AvgIpc) is 2.13. The Bertz CT molecular complexity index is 388. The summed E-state index contributed by atoms with van der Waals surface area (Å²) in [4.78, 5) is 0. The van der Waals surface area contributed by atoms with Crippen LogP contribution in [0.3, 0.4) is 0 Å². The molecule has 0 aromatic heterocycles. The van der Waals surface area contributed by atoms with Gasteiger partial charge in [0.2, 0.25) is 0 Å². The van der Waals surface area contributed by atoms with Gasteiger partial charge in [0.15, 0.2) is 0 Å². The second-order valence-electron chi connectivity index (χ2n) is 5.93. The van der Waals surface area contributed by atoms with Gasteiger partial charge in [-0.15, -0.1) is 0 Å². The Morgan fingerprint density at radius 1 is 1.00 bits per heavy atom. The van der Waals surface area contributed by atoms with E-state index in [1.54, 1.807) is 0 Å². The molecule has 2 rings (SSSR count). The molecule has 1 aromatic rings. The van der Waals surface area contributed by atoms with E-state index in [1.807, 2.05) is 0 Å². The van der Waals surface area contributed by atoms with E-state index >= 15 is 0 Å². The molecule has 0 saturated heterocycles. The monoisotopic (exact) mass is 266 g/mol. The lowest BCUT2D eigenvalue weighted by molar-refractivity contribution is 0.330. The van der Waals surface area contributed by atoms with Crippen LogP contribution in [0, 0.1) is 0 Å². The summed E-state index contributed by atoms with van der Waals surface area (Å²) in [5.74, 6) is 0. The third kappa shape index (κ3) is 1.75. The van der Waals surface area contributed by atoms with Crippen molar-refractivity contribution in [1.82, 2.24) is 0 Å². The summed E-state index contributed by atoms with van der Waals surface area (Å²) in [6.07, 6.45) is 2.55. The molecule has 0 radical (unpaired) electrons. The minimum absolute atomic E-state index is 0.310. The van der Waals surface area contributed by atoms with Crippen LogP contribution in [0.1, 0.15) is 51.7 Å². The molecule has 0 N–H and O–H groups in total. The van der Waals surface area contributed by atoms with Crippen molar-refractivity contribution in [1.29, 1.82) is 0 Å². The molecule has 0 bridgehead atoms. The molecule has 1 heteroatoms. The van der Waals surface area contributed by atoms with E-state index in [0.717, 1.165) is 0 Å². The number of fused-ring (bicyclic) bond motifs is 1. The Kier molecular flexibility index (Phi) is 2.50. The highest BCUT2D eigenvalue weighted by molar-refractivity contribution is 9.10. The first-order chi connectivity index (χ1) is 6.84. The van der Waals surface area contributed by atoms with E-state index in [0.29, 0.717) is 10.8 Å². The van der Waals surface area contributed by atoms with Crippen LogP contribution in [0.5, 0.6) is 0 Å². The van der Waals surface area contributed by atoms with Gasteiger partial charge in [-0.25, -0.2) is 0 Å². The molecule has 15 heavy (non-hydrogen) atoms. The van der Waals surface area contributed by atoms with E-state index in [4.69, 9.17) is 0 Å². The summed E-state index contributed by atoms with van der Waals surface area (Å²) in [5, 5.41) is 0. The third-order valence-corrected chi connectivity index (χ3v) is 4.46. The number of rotatable bonds is 0. The molecule has 1 aliphatic rings. The van der Waals surface area contributed by atoms with Gasteiger partial charge in [-0.3, -0.25) is 0 Å². The normalized spacial score (nSPS) is 22.2. The fourth-order valence-corrected chi connectivity index (χ4v) is 3.56. The van der Waals surface area contributed by atoms with Crippen LogP contribution in [0.2, 0.25) is 0 Å². The van der Waals surface area contributed by atoms with E-state index in [-0.39, 0.29) is 0 Å². The first-order valence-corrected chi connectivity index (χ1v) is 6.43. The Morgan fingerprint density at radius 2 is 1.60 bits per heavy atom. The van der Waals surface area contributed by atoms with Gasteiger partial charge in [-0.05, 0) is 40.9 Å². The van der Waals surface area contributed by atoms with Gasteiger partial charge >= 0.3 is 0 Å². The lowest BCUT2D eigenvalue weighted by Gasteiger charge is -2.42. The minimum Gasteiger partial charge on any atom is -0.0608 e. The molecule has 0 atom stereocenters. The average molecular weight is 267 g/mol. The molecule has 0 amide bonds. The maximum atomic E-state index is 3.71.